The predicted molar refractivity (Wildman–Crippen MR) is 118 cm³/mol. The number of urea groups is 1. The van der Waals surface area contributed by atoms with Gasteiger partial charge in [-0.1, -0.05) is 44.5 Å². The number of fused-ring (bicyclic) bond motifs is 1. The van der Waals surface area contributed by atoms with E-state index >= 15 is 0 Å². The highest BCUT2D eigenvalue weighted by Gasteiger charge is 2.51. The molecule has 7 nitrogen and oxygen atoms in total. The van der Waals surface area contributed by atoms with Gasteiger partial charge in [0.2, 0.25) is 0 Å². The van der Waals surface area contributed by atoms with Crippen molar-refractivity contribution in [1.29, 1.82) is 0 Å². The molecule has 170 valence electrons. The van der Waals surface area contributed by atoms with Crippen molar-refractivity contribution < 1.29 is 24.2 Å². The van der Waals surface area contributed by atoms with E-state index in [1.807, 2.05) is 18.2 Å². The molecule has 2 heterocycles. The maximum Gasteiger partial charge on any atom is 0.322 e. The Hall–Kier alpha value is -2.09. The first-order chi connectivity index (χ1) is 14.6. The zero-order valence-corrected chi connectivity index (χ0v) is 19.3. The lowest BCUT2D eigenvalue weighted by molar-refractivity contribution is -0.137. The number of methoxy groups -OCH3 is 1. The fraction of sp³-hybridized carbons (Fsp3) is 0.565. The Morgan fingerprint density at radius 3 is 2.77 bits per heavy atom. The smallest absolute Gasteiger partial charge is 0.322 e. The molecular formula is C23H31ClN2O5. The van der Waals surface area contributed by atoms with E-state index in [4.69, 9.17) is 26.2 Å². The summed E-state index contributed by atoms with van der Waals surface area (Å²) in [5.74, 6) is -0.961. The van der Waals surface area contributed by atoms with Crippen LogP contribution in [0.5, 0.6) is 0 Å². The fourth-order valence-corrected chi connectivity index (χ4v) is 4.25. The van der Waals surface area contributed by atoms with Gasteiger partial charge in [0.15, 0.2) is 0 Å². The minimum absolute atomic E-state index is 0.0763. The minimum Gasteiger partial charge on any atom is -0.481 e. The van der Waals surface area contributed by atoms with Gasteiger partial charge in [-0.25, -0.2) is 4.79 Å². The number of carbonyl (C=O) groups is 2. The van der Waals surface area contributed by atoms with Crippen molar-refractivity contribution in [3.63, 3.8) is 0 Å². The second kappa shape index (κ2) is 9.18. The first-order valence-corrected chi connectivity index (χ1v) is 10.9. The standard InChI is InChI=1S/C23H31ClN2O5/c1-22(2,3)9-7-15-5-6-16(11-18(15)24)23-14-31-19(13-30-4)17(23)12-26(21(29)25-23)10-8-20(27)28/h5-6,11-12,19H,7-10,13-14H2,1-4H3,(H,25,29)(H,27,28)/t19?,23-/m1/s1. The van der Waals surface area contributed by atoms with E-state index in [-0.39, 0.29) is 37.1 Å². The van der Waals surface area contributed by atoms with Crippen molar-refractivity contribution in [1.82, 2.24) is 10.2 Å². The summed E-state index contributed by atoms with van der Waals surface area (Å²) in [4.78, 5) is 25.2. The molecule has 1 saturated heterocycles. The Balaban J connectivity index is 1.94. The van der Waals surface area contributed by atoms with Crippen LogP contribution in [0.25, 0.3) is 0 Å². The first kappa shape index (κ1) is 23.6. The van der Waals surface area contributed by atoms with E-state index in [2.05, 4.69) is 26.1 Å². The molecule has 3 rings (SSSR count). The molecule has 31 heavy (non-hydrogen) atoms. The predicted octanol–water partition coefficient (Wildman–Crippen LogP) is 3.94. The molecule has 1 aromatic carbocycles. The van der Waals surface area contributed by atoms with Gasteiger partial charge in [0.05, 0.1) is 19.6 Å². The van der Waals surface area contributed by atoms with Crippen LogP contribution in [0.3, 0.4) is 0 Å². The monoisotopic (exact) mass is 450 g/mol. The average molecular weight is 451 g/mol. The Morgan fingerprint density at radius 2 is 2.16 bits per heavy atom. The van der Waals surface area contributed by atoms with Crippen molar-refractivity contribution in [2.24, 2.45) is 5.41 Å². The van der Waals surface area contributed by atoms with Crippen LogP contribution in [-0.2, 0) is 26.2 Å². The Morgan fingerprint density at radius 1 is 1.42 bits per heavy atom. The van der Waals surface area contributed by atoms with Crippen molar-refractivity contribution in [2.75, 3.05) is 26.9 Å². The van der Waals surface area contributed by atoms with Crippen LogP contribution in [0.1, 0.15) is 44.7 Å². The average Bonchev–Trinajstić information content (AvgIpc) is 3.03. The Labute approximate surface area is 188 Å². The van der Waals surface area contributed by atoms with Crippen molar-refractivity contribution in [3.05, 3.63) is 46.1 Å². The molecule has 2 N–H and O–H groups in total. The Bertz CT molecular complexity index is 879. The molecule has 0 aliphatic carbocycles. The van der Waals surface area contributed by atoms with Gasteiger partial charge in [-0.3, -0.25) is 4.79 Å². The fourth-order valence-electron chi connectivity index (χ4n) is 3.97. The number of amides is 2. The zero-order chi connectivity index (χ0) is 22.8. The summed E-state index contributed by atoms with van der Waals surface area (Å²) in [5.41, 5.74) is 2.09. The summed E-state index contributed by atoms with van der Waals surface area (Å²) in [6, 6.07) is 5.55. The van der Waals surface area contributed by atoms with E-state index in [9.17, 15) is 9.59 Å². The van der Waals surface area contributed by atoms with Crippen molar-refractivity contribution in [3.8, 4) is 0 Å². The number of ether oxygens (including phenoxy) is 2. The normalized spacial score (nSPS) is 23.4. The van der Waals surface area contributed by atoms with E-state index in [0.717, 1.165) is 29.5 Å². The highest BCUT2D eigenvalue weighted by molar-refractivity contribution is 6.31. The van der Waals surface area contributed by atoms with E-state index in [0.29, 0.717) is 11.6 Å². The molecule has 2 amide bonds. The topological polar surface area (TPSA) is 88.1 Å². The molecule has 2 aliphatic rings. The molecule has 1 unspecified atom stereocenters. The number of carboxylic acid groups (broad SMARTS) is 1. The number of nitrogens with one attached hydrogen (secondary N) is 1. The molecular weight excluding hydrogens is 420 g/mol. The maximum atomic E-state index is 12.8. The number of aryl methyl sites for hydroxylation is 1. The van der Waals surface area contributed by atoms with Crippen LogP contribution < -0.4 is 5.32 Å². The molecule has 0 aromatic heterocycles. The summed E-state index contributed by atoms with van der Waals surface area (Å²) < 4.78 is 11.3. The summed E-state index contributed by atoms with van der Waals surface area (Å²) in [6.45, 7) is 7.25. The number of hydrogen-bond donors (Lipinski definition) is 2. The lowest BCUT2D eigenvalue weighted by Crippen LogP contribution is -2.56. The van der Waals surface area contributed by atoms with Crippen LogP contribution in [0.15, 0.2) is 30.0 Å². The maximum absolute atomic E-state index is 12.8. The van der Waals surface area contributed by atoms with Gasteiger partial charge < -0.3 is 24.8 Å². The number of aliphatic carboxylic acids is 1. The molecule has 8 heteroatoms. The lowest BCUT2D eigenvalue weighted by Gasteiger charge is -2.39. The third kappa shape index (κ3) is 5.22. The van der Waals surface area contributed by atoms with E-state index in [1.54, 1.807) is 13.3 Å². The lowest BCUT2D eigenvalue weighted by atomic mass is 9.81. The second-order valence-corrected chi connectivity index (χ2v) is 9.79. The van der Waals surface area contributed by atoms with Gasteiger partial charge >= 0.3 is 12.0 Å². The molecule has 1 fully saturated rings. The third-order valence-corrected chi connectivity index (χ3v) is 6.14. The molecule has 2 atom stereocenters. The van der Waals surface area contributed by atoms with Crippen molar-refractivity contribution >= 4 is 23.6 Å². The number of benzene rings is 1. The summed E-state index contributed by atoms with van der Waals surface area (Å²) in [5, 5.41) is 12.7. The van der Waals surface area contributed by atoms with Gasteiger partial charge in [-0.05, 0) is 35.4 Å². The zero-order valence-electron chi connectivity index (χ0n) is 18.5. The van der Waals surface area contributed by atoms with Crippen LogP contribution in [0, 0.1) is 5.41 Å². The van der Waals surface area contributed by atoms with Gasteiger partial charge in [0.1, 0.15) is 11.6 Å². The Kier molecular flexibility index (Phi) is 6.98. The highest BCUT2D eigenvalue weighted by Crippen LogP contribution is 2.43. The number of carbonyl (C=O) groups excluding carboxylic acids is 1. The minimum atomic E-state index is -0.961. The molecule has 2 aliphatic heterocycles. The van der Waals surface area contributed by atoms with Crippen LogP contribution in [0.2, 0.25) is 5.02 Å². The summed E-state index contributed by atoms with van der Waals surface area (Å²) in [7, 11) is 1.59. The van der Waals surface area contributed by atoms with Gasteiger partial charge in [0, 0.05) is 30.5 Å². The number of hydrogen-bond acceptors (Lipinski definition) is 4. The highest BCUT2D eigenvalue weighted by atomic mass is 35.5. The number of nitrogens with zero attached hydrogens (tertiary/aromatic N) is 1. The summed E-state index contributed by atoms with van der Waals surface area (Å²) >= 11 is 6.64. The molecule has 0 bridgehead atoms. The first-order valence-electron chi connectivity index (χ1n) is 10.5. The van der Waals surface area contributed by atoms with Gasteiger partial charge in [-0.2, -0.15) is 0 Å². The number of carboxylic acids is 1. The molecule has 0 spiro atoms. The second-order valence-electron chi connectivity index (χ2n) is 9.38. The molecule has 0 radical (unpaired) electrons. The number of halogens is 1. The van der Waals surface area contributed by atoms with E-state index in [1.165, 1.54) is 4.90 Å². The van der Waals surface area contributed by atoms with Crippen molar-refractivity contribution in [2.45, 2.75) is 51.7 Å². The quantitative estimate of drug-likeness (QED) is 0.626. The van der Waals surface area contributed by atoms with Crippen LogP contribution >= 0.6 is 11.6 Å². The molecule has 0 saturated carbocycles. The van der Waals surface area contributed by atoms with Gasteiger partial charge in [-0.15, -0.1) is 0 Å². The number of rotatable bonds is 8. The molecule has 1 aromatic rings. The van der Waals surface area contributed by atoms with Crippen LogP contribution in [0.4, 0.5) is 4.79 Å². The SMILES string of the molecule is COCC1OC[C@]2(c3ccc(CCC(C)(C)C)c(Cl)c3)NC(=O)N(CCC(=O)O)C=C12. The van der Waals surface area contributed by atoms with E-state index < -0.39 is 11.5 Å². The van der Waals surface area contributed by atoms with Crippen LogP contribution in [-0.4, -0.2) is 55.0 Å². The van der Waals surface area contributed by atoms with Gasteiger partial charge in [0.25, 0.3) is 0 Å². The summed E-state index contributed by atoms with van der Waals surface area (Å²) in [6.07, 6.45) is 3.10. The largest absolute Gasteiger partial charge is 0.481 e. The third-order valence-electron chi connectivity index (χ3n) is 5.79.